The summed E-state index contributed by atoms with van der Waals surface area (Å²) in [5.41, 5.74) is 2.33. The van der Waals surface area contributed by atoms with E-state index in [-0.39, 0.29) is 5.91 Å². The molecule has 3 aromatic rings. The SMILES string of the molecule is CSCc1nc(CNC(=O)c2cccc(-n3cnnc3)c2)cs1. The third-order valence-corrected chi connectivity index (χ3v) is 4.76. The number of hydrogen-bond donors (Lipinski definition) is 1. The molecule has 1 N–H and O–H groups in total. The predicted molar refractivity (Wildman–Crippen MR) is 91.9 cm³/mol. The van der Waals surface area contributed by atoms with Crippen molar-refractivity contribution in [2.75, 3.05) is 6.26 Å². The molecule has 1 aromatic carbocycles. The van der Waals surface area contributed by atoms with E-state index in [0.717, 1.165) is 22.1 Å². The second-order valence-electron chi connectivity index (χ2n) is 4.77. The molecule has 0 aliphatic heterocycles. The quantitative estimate of drug-likeness (QED) is 0.743. The number of carbonyl (C=O) groups is 1. The highest BCUT2D eigenvalue weighted by Crippen LogP contribution is 2.15. The molecular weight excluding hydrogens is 330 g/mol. The lowest BCUT2D eigenvalue weighted by molar-refractivity contribution is 0.0950. The summed E-state index contributed by atoms with van der Waals surface area (Å²) in [6.45, 7) is 0.431. The van der Waals surface area contributed by atoms with Crippen LogP contribution < -0.4 is 5.32 Å². The molecule has 0 aliphatic carbocycles. The molecule has 0 atom stereocenters. The molecule has 0 aliphatic rings. The molecule has 2 heterocycles. The van der Waals surface area contributed by atoms with E-state index in [1.54, 1.807) is 52.5 Å². The molecule has 0 unspecified atom stereocenters. The molecule has 118 valence electrons. The Morgan fingerprint density at radius 1 is 1.35 bits per heavy atom. The summed E-state index contributed by atoms with van der Waals surface area (Å²) in [4.78, 5) is 16.8. The summed E-state index contributed by atoms with van der Waals surface area (Å²) in [5.74, 6) is 0.777. The van der Waals surface area contributed by atoms with Gasteiger partial charge in [-0.05, 0) is 24.5 Å². The summed E-state index contributed by atoms with van der Waals surface area (Å²) in [7, 11) is 0. The molecular formula is C15H15N5OS2. The Bertz CT molecular complexity index is 785. The number of nitrogens with one attached hydrogen (secondary N) is 1. The molecule has 0 spiro atoms. The van der Waals surface area contributed by atoms with Crippen molar-refractivity contribution in [2.24, 2.45) is 0 Å². The minimum absolute atomic E-state index is 0.126. The van der Waals surface area contributed by atoms with Gasteiger partial charge in [-0.2, -0.15) is 11.8 Å². The maximum absolute atomic E-state index is 12.3. The largest absolute Gasteiger partial charge is 0.346 e. The highest BCUT2D eigenvalue weighted by atomic mass is 32.2. The summed E-state index contributed by atoms with van der Waals surface area (Å²) >= 11 is 3.36. The maximum atomic E-state index is 12.3. The highest BCUT2D eigenvalue weighted by Gasteiger charge is 2.08. The van der Waals surface area contributed by atoms with Crippen LogP contribution in [0.1, 0.15) is 21.1 Å². The van der Waals surface area contributed by atoms with E-state index in [1.807, 2.05) is 23.8 Å². The van der Waals surface area contributed by atoms with Crippen molar-refractivity contribution in [3.8, 4) is 5.69 Å². The highest BCUT2D eigenvalue weighted by molar-refractivity contribution is 7.97. The summed E-state index contributed by atoms with van der Waals surface area (Å²) in [6.07, 6.45) is 5.24. The fourth-order valence-electron chi connectivity index (χ4n) is 2.03. The van der Waals surface area contributed by atoms with Crippen molar-refractivity contribution in [3.05, 3.63) is 58.6 Å². The van der Waals surface area contributed by atoms with E-state index in [4.69, 9.17) is 0 Å². The molecule has 0 radical (unpaired) electrons. The summed E-state index contributed by atoms with van der Waals surface area (Å²) in [6, 6.07) is 7.32. The monoisotopic (exact) mass is 345 g/mol. The van der Waals surface area contributed by atoms with Crippen LogP contribution >= 0.6 is 23.1 Å². The third-order valence-electron chi connectivity index (χ3n) is 3.12. The van der Waals surface area contributed by atoms with Crippen LogP contribution in [0.15, 0.2) is 42.3 Å². The predicted octanol–water partition coefficient (Wildman–Crippen LogP) is 2.52. The summed E-state index contributed by atoms with van der Waals surface area (Å²) < 4.78 is 1.76. The van der Waals surface area contributed by atoms with Crippen LogP contribution in [-0.4, -0.2) is 31.9 Å². The van der Waals surface area contributed by atoms with Gasteiger partial charge in [0.2, 0.25) is 0 Å². The maximum Gasteiger partial charge on any atom is 0.251 e. The van der Waals surface area contributed by atoms with Crippen molar-refractivity contribution in [1.82, 2.24) is 25.1 Å². The van der Waals surface area contributed by atoms with Gasteiger partial charge < -0.3 is 5.32 Å². The van der Waals surface area contributed by atoms with Crippen molar-refractivity contribution < 1.29 is 4.79 Å². The van der Waals surface area contributed by atoms with Gasteiger partial charge in [-0.25, -0.2) is 4.98 Å². The van der Waals surface area contributed by atoms with E-state index < -0.39 is 0 Å². The molecule has 0 saturated heterocycles. The zero-order valence-corrected chi connectivity index (χ0v) is 14.1. The van der Waals surface area contributed by atoms with Crippen molar-refractivity contribution >= 4 is 29.0 Å². The Morgan fingerprint density at radius 3 is 2.96 bits per heavy atom. The fraction of sp³-hybridized carbons (Fsp3) is 0.200. The molecule has 1 amide bonds. The van der Waals surface area contributed by atoms with Gasteiger partial charge in [-0.15, -0.1) is 21.5 Å². The van der Waals surface area contributed by atoms with Crippen LogP contribution in [0.4, 0.5) is 0 Å². The molecule has 0 saturated carbocycles. The van der Waals surface area contributed by atoms with Crippen LogP contribution in [0.3, 0.4) is 0 Å². The van der Waals surface area contributed by atoms with Gasteiger partial charge in [0.1, 0.15) is 17.7 Å². The van der Waals surface area contributed by atoms with Crippen LogP contribution in [0.25, 0.3) is 5.69 Å². The lowest BCUT2D eigenvalue weighted by Gasteiger charge is -2.06. The molecule has 6 nitrogen and oxygen atoms in total. The first-order valence-electron chi connectivity index (χ1n) is 6.92. The Hall–Kier alpha value is -2.19. The molecule has 2 aromatic heterocycles. The lowest BCUT2D eigenvalue weighted by Crippen LogP contribution is -2.23. The zero-order chi connectivity index (χ0) is 16.1. The van der Waals surface area contributed by atoms with E-state index in [0.29, 0.717) is 12.1 Å². The lowest BCUT2D eigenvalue weighted by atomic mass is 10.2. The Morgan fingerprint density at radius 2 is 2.17 bits per heavy atom. The first-order valence-corrected chi connectivity index (χ1v) is 9.19. The van der Waals surface area contributed by atoms with Crippen molar-refractivity contribution in [3.63, 3.8) is 0 Å². The standard InChI is InChI=1S/C15H15N5OS2/c1-22-8-14-19-12(7-23-14)6-16-15(21)11-3-2-4-13(5-11)20-9-17-18-10-20/h2-5,7,9-10H,6,8H2,1H3,(H,16,21). The smallest absolute Gasteiger partial charge is 0.251 e. The molecule has 23 heavy (non-hydrogen) atoms. The third kappa shape index (κ3) is 3.96. The van der Waals surface area contributed by atoms with Gasteiger partial charge >= 0.3 is 0 Å². The number of benzene rings is 1. The molecule has 0 fully saturated rings. The number of amides is 1. The Kier molecular flexibility index (Phi) is 5.04. The van der Waals surface area contributed by atoms with Gasteiger partial charge in [0, 0.05) is 22.4 Å². The fourth-order valence-corrected chi connectivity index (χ4v) is 3.55. The number of nitrogens with zero attached hydrogens (tertiary/aromatic N) is 4. The van der Waals surface area contributed by atoms with Gasteiger partial charge in [0.05, 0.1) is 12.2 Å². The number of hydrogen-bond acceptors (Lipinski definition) is 6. The number of aromatic nitrogens is 4. The molecule has 8 heteroatoms. The van der Waals surface area contributed by atoms with E-state index >= 15 is 0 Å². The number of thioether (sulfide) groups is 1. The Labute approximate surface area is 142 Å². The van der Waals surface area contributed by atoms with Crippen molar-refractivity contribution in [1.29, 1.82) is 0 Å². The number of thiazole rings is 1. The molecule has 3 rings (SSSR count). The van der Waals surface area contributed by atoms with E-state index in [1.165, 1.54) is 0 Å². The first kappa shape index (κ1) is 15.7. The summed E-state index contributed by atoms with van der Waals surface area (Å²) in [5, 5.41) is 13.5. The Balaban J connectivity index is 1.65. The zero-order valence-electron chi connectivity index (χ0n) is 12.5. The van der Waals surface area contributed by atoms with Crippen LogP contribution in [0, 0.1) is 0 Å². The van der Waals surface area contributed by atoms with Crippen LogP contribution in [-0.2, 0) is 12.3 Å². The number of rotatable bonds is 6. The van der Waals surface area contributed by atoms with E-state index in [2.05, 4.69) is 20.5 Å². The van der Waals surface area contributed by atoms with E-state index in [9.17, 15) is 4.79 Å². The van der Waals surface area contributed by atoms with Gasteiger partial charge in [-0.1, -0.05) is 6.07 Å². The van der Waals surface area contributed by atoms with Gasteiger partial charge in [0.25, 0.3) is 5.91 Å². The minimum Gasteiger partial charge on any atom is -0.346 e. The topological polar surface area (TPSA) is 72.7 Å². The first-order chi connectivity index (χ1) is 11.3. The normalized spacial score (nSPS) is 10.7. The number of carbonyl (C=O) groups excluding carboxylic acids is 1. The van der Waals surface area contributed by atoms with Gasteiger partial charge in [0.15, 0.2) is 0 Å². The molecule has 0 bridgehead atoms. The van der Waals surface area contributed by atoms with Gasteiger partial charge in [-0.3, -0.25) is 9.36 Å². The second-order valence-corrected chi connectivity index (χ2v) is 6.58. The van der Waals surface area contributed by atoms with Crippen LogP contribution in [0.5, 0.6) is 0 Å². The average Bonchev–Trinajstić information content (AvgIpc) is 3.25. The van der Waals surface area contributed by atoms with Crippen molar-refractivity contribution in [2.45, 2.75) is 12.3 Å². The minimum atomic E-state index is -0.126. The average molecular weight is 345 g/mol. The van der Waals surface area contributed by atoms with Crippen LogP contribution in [0.2, 0.25) is 0 Å². The second kappa shape index (κ2) is 7.38.